The molecule has 21 heavy (non-hydrogen) atoms. The third-order valence-corrected chi connectivity index (χ3v) is 4.84. The van der Waals surface area contributed by atoms with E-state index < -0.39 is 0 Å². The van der Waals surface area contributed by atoms with E-state index >= 15 is 0 Å². The molecule has 1 aromatic carbocycles. The van der Waals surface area contributed by atoms with E-state index in [2.05, 4.69) is 4.90 Å². The van der Waals surface area contributed by atoms with Gasteiger partial charge in [-0.2, -0.15) is 0 Å². The van der Waals surface area contributed by atoms with E-state index in [1.165, 1.54) is 12.5 Å². The lowest BCUT2D eigenvalue weighted by molar-refractivity contribution is -0.130. The predicted octanol–water partition coefficient (Wildman–Crippen LogP) is 2.80. The lowest BCUT2D eigenvalue weighted by Crippen LogP contribution is -2.47. The lowest BCUT2D eigenvalue weighted by atomic mass is 10.0. The molecule has 0 saturated carbocycles. The average molecular weight is 290 g/mol. The van der Waals surface area contributed by atoms with Crippen LogP contribution in [0.15, 0.2) is 24.3 Å². The number of benzene rings is 1. The summed E-state index contributed by atoms with van der Waals surface area (Å²) in [5.41, 5.74) is 1.02. The highest BCUT2D eigenvalue weighted by atomic mass is 19.1. The van der Waals surface area contributed by atoms with Gasteiger partial charge >= 0.3 is 0 Å². The zero-order chi connectivity index (χ0) is 14.8. The Bertz CT molecular complexity index is 519. The molecule has 0 radical (unpaired) electrons. The highest BCUT2D eigenvalue weighted by Crippen LogP contribution is 2.31. The third-order valence-electron chi connectivity index (χ3n) is 4.84. The summed E-state index contributed by atoms with van der Waals surface area (Å²) in [7, 11) is 0. The first-order valence-corrected chi connectivity index (χ1v) is 7.91. The Morgan fingerprint density at radius 1 is 1.24 bits per heavy atom. The zero-order valence-electron chi connectivity index (χ0n) is 12.6. The SMILES string of the molecule is CC(=O)N1CCCC1C1CCCN1Cc1cccc(F)c1. The number of likely N-dealkylation sites (tertiary alicyclic amines) is 2. The van der Waals surface area contributed by atoms with Gasteiger partial charge in [0, 0.05) is 32.1 Å². The van der Waals surface area contributed by atoms with E-state index in [1.807, 2.05) is 11.0 Å². The van der Waals surface area contributed by atoms with E-state index in [4.69, 9.17) is 0 Å². The number of carbonyl (C=O) groups excluding carboxylic acids is 1. The minimum atomic E-state index is -0.172. The second-order valence-electron chi connectivity index (χ2n) is 6.23. The molecule has 0 bridgehead atoms. The van der Waals surface area contributed by atoms with Gasteiger partial charge in [0.15, 0.2) is 0 Å². The Hall–Kier alpha value is -1.42. The van der Waals surface area contributed by atoms with E-state index in [9.17, 15) is 9.18 Å². The molecule has 2 fully saturated rings. The fraction of sp³-hybridized carbons (Fsp3) is 0.588. The van der Waals surface area contributed by atoms with Crippen molar-refractivity contribution in [1.29, 1.82) is 0 Å². The summed E-state index contributed by atoms with van der Waals surface area (Å²) in [6.07, 6.45) is 4.52. The van der Waals surface area contributed by atoms with Crippen molar-refractivity contribution in [1.82, 2.24) is 9.80 Å². The van der Waals surface area contributed by atoms with Gasteiger partial charge in [-0.05, 0) is 49.9 Å². The molecule has 3 rings (SSSR count). The van der Waals surface area contributed by atoms with Crippen molar-refractivity contribution in [3.05, 3.63) is 35.6 Å². The summed E-state index contributed by atoms with van der Waals surface area (Å²) in [6, 6.07) is 7.63. The normalized spacial score (nSPS) is 26.5. The van der Waals surface area contributed by atoms with Crippen LogP contribution in [0.3, 0.4) is 0 Å². The average Bonchev–Trinajstić information content (AvgIpc) is 3.06. The minimum Gasteiger partial charge on any atom is -0.338 e. The number of hydrogen-bond donors (Lipinski definition) is 0. The van der Waals surface area contributed by atoms with Gasteiger partial charge in [0.1, 0.15) is 5.82 Å². The van der Waals surface area contributed by atoms with E-state index in [1.54, 1.807) is 19.1 Å². The maximum absolute atomic E-state index is 13.3. The first-order valence-electron chi connectivity index (χ1n) is 7.91. The Balaban J connectivity index is 1.72. The molecule has 1 aromatic rings. The maximum atomic E-state index is 13.3. The van der Waals surface area contributed by atoms with Gasteiger partial charge in [-0.25, -0.2) is 4.39 Å². The quantitative estimate of drug-likeness (QED) is 0.854. The summed E-state index contributed by atoms with van der Waals surface area (Å²) < 4.78 is 13.3. The molecule has 3 nitrogen and oxygen atoms in total. The summed E-state index contributed by atoms with van der Waals surface area (Å²) >= 11 is 0. The summed E-state index contributed by atoms with van der Waals surface area (Å²) in [5, 5.41) is 0. The van der Waals surface area contributed by atoms with Gasteiger partial charge < -0.3 is 4.90 Å². The van der Waals surface area contributed by atoms with Gasteiger partial charge in [0.25, 0.3) is 0 Å². The van der Waals surface area contributed by atoms with Gasteiger partial charge in [0.2, 0.25) is 5.91 Å². The Labute approximate surface area is 125 Å². The van der Waals surface area contributed by atoms with E-state index in [0.29, 0.717) is 12.1 Å². The van der Waals surface area contributed by atoms with Crippen molar-refractivity contribution < 1.29 is 9.18 Å². The maximum Gasteiger partial charge on any atom is 0.219 e. The van der Waals surface area contributed by atoms with Crippen molar-refractivity contribution in [2.24, 2.45) is 0 Å². The van der Waals surface area contributed by atoms with Crippen LogP contribution in [0.4, 0.5) is 4.39 Å². The molecule has 2 saturated heterocycles. The standard InChI is InChI=1S/C17H23FN2O/c1-13(21)20-10-4-8-17(20)16-7-3-9-19(16)12-14-5-2-6-15(18)11-14/h2,5-6,11,16-17H,3-4,7-10,12H2,1H3. The summed E-state index contributed by atoms with van der Waals surface area (Å²) in [6.45, 7) is 4.39. The molecule has 2 aliphatic rings. The molecule has 114 valence electrons. The van der Waals surface area contributed by atoms with Gasteiger partial charge in [-0.3, -0.25) is 9.69 Å². The first kappa shape index (κ1) is 14.5. The molecular weight excluding hydrogens is 267 g/mol. The Kier molecular flexibility index (Phi) is 4.24. The van der Waals surface area contributed by atoms with Gasteiger partial charge in [0.05, 0.1) is 0 Å². The van der Waals surface area contributed by atoms with Crippen LogP contribution >= 0.6 is 0 Å². The molecular formula is C17H23FN2O. The molecule has 0 N–H and O–H groups in total. The highest BCUT2D eigenvalue weighted by molar-refractivity contribution is 5.74. The lowest BCUT2D eigenvalue weighted by Gasteiger charge is -2.34. The molecule has 0 spiro atoms. The van der Waals surface area contributed by atoms with E-state index in [0.717, 1.165) is 44.5 Å². The van der Waals surface area contributed by atoms with Crippen LogP contribution in [0.1, 0.15) is 38.2 Å². The number of rotatable bonds is 3. The minimum absolute atomic E-state index is 0.172. The zero-order valence-corrected chi connectivity index (χ0v) is 12.6. The molecule has 2 aliphatic heterocycles. The van der Waals surface area contributed by atoms with Crippen LogP contribution < -0.4 is 0 Å². The molecule has 2 unspecified atom stereocenters. The van der Waals surface area contributed by atoms with Crippen molar-refractivity contribution in [3.63, 3.8) is 0 Å². The fourth-order valence-corrected chi connectivity index (χ4v) is 3.94. The number of halogens is 1. The molecule has 4 heteroatoms. The number of amides is 1. The van der Waals surface area contributed by atoms with Crippen LogP contribution in [0.5, 0.6) is 0 Å². The van der Waals surface area contributed by atoms with Gasteiger partial charge in [-0.1, -0.05) is 12.1 Å². The summed E-state index contributed by atoms with van der Waals surface area (Å²) in [5.74, 6) is 0.0181. The fourth-order valence-electron chi connectivity index (χ4n) is 3.94. The highest BCUT2D eigenvalue weighted by Gasteiger charge is 2.38. The number of carbonyl (C=O) groups is 1. The van der Waals surface area contributed by atoms with Crippen molar-refractivity contribution in [2.45, 2.75) is 51.2 Å². The Morgan fingerprint density at radius 3 is 2.76 bits per heavy atom. The van der Waals surface area contributed by atoms with Crippen LogP contribution in [0.25, 0.3) is 0 Å². The second kappa shape index (κ2) is 6.14. The molecule has 2 heterocycles. The Morgan fingerprint density at radius 2 is 2.00 bits per heavy atom. The van der Waals surface area contributed by atoms with Crippen LogP contribution in [-0.2, 0) is 11.3 Å². The summed E-state index contributed by atoms with van der Waals surface area (Å²) in [4.78, 5) is 16.2. The first-order chi connectivity index (χ1) is 10.1. The van der Waals surface area contributed by atoms with E-state index in [-0.39, 0.29) is 11.7 Å². The molecule has 0 aliphatic carbocycles. The monoisotopic (exact) mass is 290 g/mol. The van der Waals surface area contributed by atoms with Crippen LogP contribution in [-0.4, -0.2) is 40.9 Å². The molecule has 2 atom stereocenters. The van der Waals surface area contributed by atoms with Crippen LogP contribution in [0, 0.1) is 5.82 Å². The smallest absolute Gasteiger partial charge is 0.219 e. The third kappa shape index (κ3) is 3.10. The molecule has 0 aromatic heterocycles. The van der Waals surface area contributed by atoms with Crippen molar-refractivity contribution >= 4 is 5.91 Å². The number of nitrogens with zero attached hydrogens (tertiary/aromatic N) is 2. The van der Waals surface area contributed by atoms with Crippen molar-refractivity contribution in [3.8, 4) is 0 Å². The topological polar surface area (TPSA) is 23.6 Å². The van der Waals surface area contributed by atoms with Crippen LogP contribution in [0.2, 0.25) is 0 Å². The van der Waals surface area contributed by atoms with Crippen molar-refractivity contribution in [2.75, 3.05) is 13.1 Å². The predicted molar refractivity (Wildman–Crippen MR) is 80.2 cm³/mol. The van der Waals surface area contributed by atoms with Gasteiger partial charge in [-0.15, -0.1) is 0 Å². The number of hydrogen-bond acceptors (Lipinski definition) is 2. The molecule has 1 amide bonds. The largest absolute Gasteiger partial charge is 0.338 e. The second-order valence-corrected chi connectivity index (χ2v) is 6.23.